The average molecular weight is 1020 g/mol. The van der Waals surface area contributed by atoms with E-state index in [1.807, 2.05) is 107 Å². The lowest BCUT2D eigenvalue weighted by molar-refractivity contribution is -0.151. The Hall–Kier alpha value is -5.37. The molecule has 16 nitrogen and oxygen atoms in total. The molecule has 0 aliphatic carbocycles. The van der Waals surface area contributed by atoms with E-state index in [0.29, 0.717) is 29.5 Å². The van der Waals surface area contributed by atoms with Crippen molar-refractivity contribution in [1.29, 1.82) is 0 Å². The lowest BCUT2D eigenvalue weighted by Gasteiger charge is -2.35. The third kappa shape index (κ3) is 11.9. The number of nitrogens with one attached hydrogen (secondary N) is 2. The van der Waals surface area contributed by atoms with Gasteiger partial charge in [0.25, 0.3) is 0 Å². The Morgan fingerprint density at radius 1 is 0.929 bits per heavy atom. The van der Waals surface area contributed by atoms with Gasteiger partial charge in [0.15, 0.2) is 5.82 Å². The van der Waals surface area contributed by atoms with Crippen LogP contribution in [0.25, 0.3) is 15.4 Å². The fourth-order valence-corrected chi connectivity index (χ4v) is 11.0. The normalized spacial score (nSPS) is 18.0. The first kappa shape index (κ1) is 52.5. The Kier molecular flexibility index (Phi) is 17.1. The number of nitrogens with zero attached hydrogens (tertiary/aromatic N) is 6. The lowest BCUT2D eigenvalue weighted by atomic mass is 9.85. The highest BCUT2D eigenvalue weighted by Crippen LogP contribution is 2.42. The second kappa shape index (κ2) is 22.8. The number of hydrogen-bond donors (Lipinski definition) is 3. The van der Waals surface area contributed by atoms with Crippen molar-refractivity contribution in [3.63, 3.8) is 0 Å². The molecule has 0 saturated carbocycles. The molecule has 7 rings (SSSR count). The molecule has 3 aromatic heterocycles. The van der Waals surface area contributed by atoms with E-state index in [9.17, 15) is 24.3 Å². The summed E-state index contributed by atoms with van der Waals surface area (Å²) in [5.41, 5.74) is 7.68. The number of hydrogen-bond acceptors (Lipinski definition) is 14. The van der Waals surface area contributed by atoms with Crippen molar-refractivity contribution in [1.82, 2.24) is 35.3 Å². The number of ether oxygens (including phenoxy) is 3. The van der Waals surface area contributed by atoms with Gasteiger partial charge in [-0.3, -0.25) is 28.7 Å². The number of thiazole rings is 1. The van der Waals surface area contributed by atoms with E-state index in [4.69, 9.17) is 30.8 Å². The van der Waals surface area contributed by atoms with Gasteiger partial charge in [0.1, 0.15) is 42.2 Å². The molecule has 2 aliphatic rings. The summed E-state index contributed by atoms with van der Waals surface area (Å²) in [7, 11) is 0. The zero-order chi connectivity index (χ0) is 50.4. The van der Waals surface area contributed by atoms with Crippen LogP contribution in [0, 0.1) is 39.0 Å². The monoisotopic (exact) mass is 1010 g/mol. The molecular weight excluding hydrogens is 952 g/mol. The van der Waals surface area contributed by atoms with Crippen molar-refractivity contribution >= 4 is 63.7 Å². The van der Waals surface area contributed by atoms with Crippen molar-refractivity contribution in [2.45, 2.75) is 112 Å². The van der Waals surface area contributed by atoms with Gasteiger partial charge in [-0.2, -0.15) is 0 Å². The molecule has 3 N–H and O–H groups in total. The van der Waals surface area contributed by atoms with E-state index in [2.05, 4.69) is 39.7 Å². The number of aliphatic hydroxyl groups is 1. The molecule has 70 heavy (non-hydrogen) atoms. The van der Waals surface area contributed by atoms with Gasteiger partial charge in [-0.15, -0.1) is 32.9 Å². The molecule has 0 bridgehead atoms. The summed E-state index contributed by atoms with van der Waals surface area (Å²) in [6, 6.07) is 12.5. The molecule has 3 amide bonds. The molecule has 1 fully saturated rings. The van der Waals surface area contributed by atoms with Crippen LogP contribution in [-0.4, -0.2) is 117 Å². The highest BCUT2D eigenvalue weighted by Gasteiger charge is 2.45. The zero-order valence-electron chi connectivity index (χ0n) is 41.2. The Labute approximate surface area is 422 Å². The summed E-state index contributed by atoms with van der Waals surface area (Å²) in [6.45, 7) is 17.6. The van der Waals surface area contributed by atoms with Crippen LogP contribution in [-0.2, 0) is 33.4 Å². The lowest BCUT2D eigenvalue weighted by Crippen LogP contribution is -2.58. The fraction of sp³-hybridized carbons (Fsp3) is 0.490. The van der Waals surface area contributed by atoms with Crippen LogP contribution < -0.4 is 10.6 Å². The van der Waals surface area contributed by atoms with Crippen LogP contribution in [0.1, 0.15) is 110 Å². The number of aliphatic imine (C=N–C) groups is 1. The predicted molar refractivity (Wildman–Crippen MR) is 271 cm³/mol. The van der Waals surface area contributed by atoms with E-state index in [1.54, 1.807) is 22.7 Å². The Bertz CT molecular complexity index is 2690. The molecule has 2 unspecified atom stereocenters. The Morgan fingerprint density at radius 2 is 1.63 bits per heavy atom. The number of aryl methyl sites for hydroxylation is 3. The highest BCUT2D eigenvalue weighted by molar-refractivity contribution is 7.15. The first-order valence-corrected chi connectivity index (χ1v) is 25.7. The highest BCUT2D eigenvalue weighted by atomic mass is 35.5. The summed E-state index contributed by atoms with van der Waals surface area (Å²) in [4.78, 5) is 67.9. The van der Waals surface area contributed by atoms with Crippen LogP contribution in [0.15, 0.2) is 59.0 Å². The van der Waals surface area contributed by atoms with E-state index in [0.717, 1.165) is 54.0 Å². The third-order valence-electron chi connectivity index (χ3n) is 12.8. The minimum Gasteiger partial charge on any atom is -0.463 e. The maximum absolute atomic E-state index is 14.1. The first-order chi connectivity index (χ1) is 33.4. The van der Waals surface area contributed by atoms with E-state index < -0.39 is 53.3 Å². The molecule has 1 saturated heterocycles. The van der Waals surface area contributed by atoms with E-state index in [1.165, 1.54) is 4.90 Å². The topological polar surface area (TPSA) is 199 Å². The number of rotatable bonds is 19. The summed E-state index contributed by atoms with van der Waals surface area (Å²) in [6.07, 6.45) is 0.0837. The number of aliphatic hydroxyl groups excluding tert-OH is 1. The van der Waals surface area contributed by atoms with Gasteiger partial charge in [-0.25, -0.2) is 4.98 Å². The molecule has 6 atom stereocenters. The molecular formula is C51H63ClN8O8S2. The minimum atomic E-state index is -0.993. The van der Waals surface area contributed by atoms with E-state index in [-0.39, 0.29) is 57.9 Å². The number of esters is 1. The third-order valence-corrected chi connectivity index (χ3v) is 15.2. The number of carbonyl (C=O) groups is 4. The molecule has 2 aliphatic heterocycles. The average Bonchev–Trinajstić information content (AvgIpc) is 4.09. The Balaban J connectivity index is 0.862. The maximum Gasteiger partial charge on any atom is 0.311 e. The van der Waals surface area contributed by atoms with Crippen molar-refractivity contribution in [2.75, 3.05) is 39.6 Å². The maximum atomic E-state index is 14.1. The van der Waals surface area contributed by atoms with Crippen molar-refractivity contribution in [2.24, 2.45) is 16.3 Å². The summed E-state index contributed by atoms with van der Waals surface area (Å²) >= 11 is 9.48. The van der Waals surface area contributed by atoms with Gasteiger partial charge >= 0.3 is 5.97 Å². The van der Waals surface area contributed by atoms with Crippen LogP contribution in [0.4, 0.5) is 0 Å². The molecule has 5 heterocycles. The fourth-order valence-electron chi connectivity index (χ4n) is 8.80. The van der Waals surface area contributed by atoms with Crippen LogP contribution in [0.2, 0.25) is 5.02 Å². The molecule has 0 spiro atoms. The van der Waals surface area contributed by atoms with Crippen molar-refractivity contribution in [3.8, 4) is 15.4 Å². The minimum absolute atomic E-state index is 0.0242. The summed E-state index contributed by atoms with van der Waals surface area (Å²) < 4.78 is 19.2. The molecule has 2 aromatic carbocycles. The number of likely N-dealkylation sites (tertiary alicyclic amines) is 1. The number of thiophene rings is 1. The van der Waals surface area contributed by atoms with E-state index >= 15 is 0 Å². The number of fused-ring (bicyclic) bond motifs is 3. The smallest absolute Gasteiger partial charge is 0.311 e. The SMILES string of the molecule is CCC(C(=O)OCCOCCCOCC(=O)N[C@H](C(=O)N1C[C@H](O)C[C@H]1C(=O)N[C@@H](C)c1ccc(-c2scnc2C)cc1)C(C)(C)C)C1N=C(c2ccc(Cl)cc2)c2c(sc(C)c2C)-n2c(C)nnc21. The predicted octanol–water partition coefficient (Wildman–Crippen LogP) is 7.59. The van der Waals surface area contributed by atoms with Gasteiger partial charge in [0.2, 0.25) is 17.7 Å². The summed E-state index contributed by atoms with van der Waals surface area (Å²) in [5.74, 6) is -1.14. The van der Waals surface area contributed by atoms with Crippen LogP contribution >= 0.6 is 34.3 Å². The molecule has 374 valence electrons. The molecule has 0 radical (unpaired) electrons. The first-order valence-electron chi connectivity index (χ1n) is 23.6. The van der Waals surface area contributed by atoms with Crippen molar-refractivity contribution < 1.29 is 38.5 Å². The second-order valence-corrected chi connectivity index (χ2v) is 21.4. The Morgan fingerprint density at radius 3 is 2.30 bits per heavy atom. The largest absolute Gasteiger partial charge is 0.463 e. The van der Waals surface area contributed by atoms with Crippen LogP contribution in [0.5, 0.6) is 0 Å². The number of β-amino-alcohol motifs (C(OH)–C–C–N with tert-alkyl or cyclic N) is 1. The number of aromatic nitrogens is 4. The standard InChI is InChI=1S/C51H63ClN8O8S2/c1-10-38(43-46-58-57-32(6)60(46)49-41(28(2)31(5)70-49)42(56-43)34-16-18-36(52)19-17-34)50(65)68-23-22-66-20-11-21-67-26-40(62)55-45(51(7,8)9)48(64)59-25-37(61)24-39(59)47(63)54-29(3)33-12-14-35(15-13-33)44-30(4)53-27-69-44/h12-19,27,29,37-39,43,45,61H,10-11,20-26H2,1-9H3,(H,54,63)(H,55,62)/t29-,37+,38?,39-,43?,45+/m0/s1. The van der Waals surface area contributed by atoms with Gasteiger partial charge in [-0.1, -0.05) is 75.7 Å². The van der Waals surface area contributed by atoms with Gasteiger partial charge in [0.05, 0.1) is 46.5 Å². The quantitative estimate of drug-likeness (QED) is 0.0544. The zero-order valence-corrected chi connectivity index (χ0v) is 43.6. The molecule has 5 aromatic rings. The van der Waals surface area contributed by atoms with Gasteiger partial charge < -0.3 is 34.9 Å². The van der Waals surface area contributed by atoms with Gasteiger partial charge in [-0.05, 0) is 81.7 Å². The number of carbonyl (C=O) groups excluding carboxylic acids is 4. The van der Waals surface area contributed by atoms with Crippen LogP contribution in [0.3, 0.4) is 0 Å². The number of halogens is 1. The van der Waals surface area contributed by atoms with Crippen molar-refractivity contribution in [3.05, 3.63) is 104 Å². The number of amides is 3. The van der Waals surface area contributed by atoms with Gasteiger partial charge in [0, 0.05) is 47.2 Å². The molecule has 19 heteroatoms. The second-order valence-electron chi connectivity index (χ2n) is 18.9. The summed E-state index contributed by atoms with van der Waals surface area (Å²) in [5, 5.41) is 27.0. The number of benzene rings is 2.